The monoisotopic (exact) mass is 863 g/mol. The topological polar surface area (TPSA) is 66.4 Å². The summed E-state index contributed by atoms with van der Waals surface area (Å²) in [5, 5.41) is 13.3. The molecule has 0 amide bonds. The lowest BCUT2D eigenvalue weighted by atomic mass is 9.85. The van der Waals surface area contributed by atoms with Crippen LogP contribution < -0.4 is 9.47 Å². The molecule has 0 aliphatic carbocycles. The van der Waals surface area contributed by atoms with Crippen LogP contribution in [-0.4, -0.2) is 56.0 Å². The summed E-state index contributed by atoms with van der Waals surface area (Å²) in [7, 11) is -5.90. The van der Waals surface area contributed by atoms with Crippen molar-refractivity contribution in [1.82, 2.24) is 0 Å². The van der Waals surface area contributed by atoms with Gasteiger partial charge >= 0.3 is 0 Å². The first kappa shape index (κ1) is 49.2. The second-order valence-electron chi connectivity index (χ2n) is 20.1. The molecule has 9 heteroatoms. The summed E-state index contributed by atoms with van der Waals surface area (Å²) in [6, 6.07) is 20.4. The molecule has 0 unspecified atom stereocenters. The summed E-state index contributed by atoms with van der Waals surface area (Å²) in [6.07, 6.45) is -1.73. The third kappa shape index (κ3) is 8.95. The van der Waals surface area contributed by atoms with Gasteiger partial charge in [0.1, 0.15) is 24.1 Å². The van der Waals surface area contributed by atoms with Crippen molar-refractivity contribution >= 4 is 25.0 Å². The molecule has 6 nitrogen and oxygen atoms in total. The molecule has 0 saturated heterocycles. The van der Waals surface area contributed by atoms with E-state index in [-0.39, 0.29) is 22.4 Å². The molecule has 1 N–H and O–H groups in total. The molecule has 330 valence electrons. The largest absolute Gasteiger partial charge is 0.507 e. The SMILES string of the molecule is COc1c2c(c(O)c(-c3ccccc3)c1-c1ccccc1)[C@@H](O[Si](C(C)C)(C(C)C)C(C)C)[C@H](O[Si](C(C)C)(C(C)C)C(C)C)[C@@H](CO[Si](C(C)C)(C(C)C)C(C)C)O2. The van der Waals surface area contributed by atoms with Gasteiger partial charge in [0.15, 0.2) is 11.5 Å². The van der Waals surface area contributed by atoms with Crippen LogP contribution in [0, 0.1) is 0 Å². The second-order valence-corrected chi connectivity index (χ2v) is 36.4. The van der Waals surface area contributed by atoms with E-state index < -0.39 is 43.3 Å². The first-order chi connectivity index (χ1) is 27.6. The van der Waals surface area contributed by atoms with E-state index in [1.54, 1.807) is 7.11 Å². The van der Waals surface area contributed by atoms with Crippen molar-refractivity contribution in [3.8, 4) is 39.5 Å². The van der Waals surface area contributed by atoms with E-state index >= 15 is 0 Å². The van der Waals surface area contributed by atoms with E-state index in [4.69, 9.17) is 22.8 Å². The van der Waals surface area contributed by atoms with Crippen LogP contribution in [0.1, 0.15) is 136 Å². The van der Waals surface area contributed by atoms with Crippen molar-refractivity contribution in [1.29, 1.82) is 0 Å². The zero-order chi connectivity index (χ0) is 44.4. The lowest BCUT2D eigenvalue weighted by Crippen LogP contribution is -2.60. The molecule has 59 heavy (non-hydrogen) atoms. The summed E-state index contributed by atoms with van der Waals surface area (Å²) in [5.41, 5.74) is 6.91. The zero-order valence-corrected chi connectivity index (χ0v) is 43.4. The Bertz CT molecular complexity index is 1720. The smallest absolute Gasteiger partial charge is 0.201 e. The second kappa shape index (κ2) is 19.7. The Labute approximate surface area is 363 Å². The van der Waals surface area contributed by atoms with Crippen LogP contribution >= 0.6 is 0 Å². The van der Waals surface area contributed by atoms with Crippen LogP contribution in [0.4, 0.5) is 0 Å². The van der Waals surface area contributed by atoms with E-state index in [0.29, 0.717) is 62.5 Å². The average molecular weight is 863 g/mol. The molecule has 4 rings (SSSR count). The lowest BCUT2D eigenvalue weighted by Gasteiger charge is -2.53. The molecule has 3 atom stereocenters. The van der Waals surface area contributed by atoms with Crippen LogP contribution in [-0.2, 0) is 13.3 Å². The molecule has 0 spiro atoms. The van der Waals surface area contributed by atoms with Gasteiger partial charge in [-0.1, -0.05) is 185 Å². The first-order valence-corrected chi connectivity index (χ1v) is 29.2. The fraction of sp³-hybridized carbons (Fsp3) is 0.640. The molecule has 3 aromatic rings. The van der Waals surface area contributed by atoms with Crippen molar-refractivity contribution in [2.75, 3.05) is 13.7 Å². The van der Waals surface area contributed by atoms with Gasteiger partial charge in [-0.05, 0) is 61.0 Å². The Morgan fingerprint density at radius 2 is 0.898 bits per heavy atom. The van der Waals surface area contributed by atoms with Crippen LogP contribution in [0.25, 0.3) is 22.3 Å². The fourth-order valence-electron chi connectivity index (χ4n) is 12.0. The van der Waals surface area contributed by atoms with Crippen molar-refractivity contribution < 1.29 is 27.9 Å². The van der Waals surface area contributed by atoms with Crippen LogP contribution in [0.5, 0.6) is 17.2 Å². The fourth-order valence-corrected chi connectivity index (χ4v) is 28.5. The molecule has 0 saturated carbocycles. The summed E-state index contributed by atoms with van der Waals surface area (Å²) in [5.74, 6) is 1.27. The zero-order valence-electron chi connectivity index (χ0n) is 40.4. The predicted molar refractivity (Wildman–Crippen MR) is 258 cm³/mol. The maximum Gasteiger partial charge on any atom is 0.201 e. The first-order valence-electron chi connectivity index (χ1n) is 22.8. The number of phenols is 1. The minimum absolute atomic E-state index is 0.157. The normalized spacial score (nSPS) is 18.1. The molecule has 1 heterocycles. The van der Waals surface area contributed by atoms with Crippen molar-refractivity contribution in [2.45, 2.75) is 193 Å². The predicted octanol–water partition coefficient (Wildman–Crippen LogP) is 15.5. The third-order valence-corrected chi connectivity index (χ3v) is 32.5. The number of methoxy groups -OCH3 is 1. The van der Waals surface area contributed by atoms with E-state index in [9.17, 15) is 5.11 Å². The highest BCUT2D eigenvalue weighted by Gasteiger charge is 2.57. The number of hydrogen-bond donors (Lipinski definition) is 1. The Balaban J connectivity index is 2.26. The quantitative estimate of drug-likeness (QED) is 0.121. The molecule has 0 aromatic heterocycles. The van der Waals surface area contributed by atoms with Gasteiger partial charge in [0.2, 0.25) is 25.0 Å². The standard InChI is InChI=1S/C50H82O6Si3/c1-31(2)57(32(3)4,33(5)6)53-30-42-47(55-58(34(7)8,35(9)10)36(11)12)50(56-59(37(13)14,38(15)16)39(17)18)45-46(51)43(40-26-22-20-23-27-40)44(41-28-24-21-25-29-41)48(52-19)49(45)54-42/h20-29,31-39,42,47,50-51H,30H2,1-19H3/t42-,47-,50-/m1/s1. The Kier molecular flexibility index (Phi) is 16.5. The van der Waals surface area contributed by atoms with Crippen LogP contribution in [0.3, 0.4) is 0 Å². The van der Waals surface area contributed by atoms with Gasteiger partial charge in [0.25, 0.3) is 0 Å². The molecular formula is C50H82O6Si3. The lowest BCUT2D eigenvalue weighted by molar-refractivity contribution is -0.0740. The summed E-state index contributed by atoms with van der Waals surface area (Å²) >= 11 is 0. The van der Waals surface area contributed by atoms with E-state index in [0.717, 1.165) is 16.7 Å². The average Bonchev–Trinajstić information content (AvgIpc) is 3.15. The summed E-state index contributed by atoms with van der Waals surface area (Å²) < 4.78 is 37.7. The number of phenolic OH excluding ortho intramolecular Hbond substituents is 1. The third-order valence-electron chi connectivity index (χ3n) is 14.3. The maximum absolute atomic E-state index is 13.3. The number of ether oxygens (including phenoxy) is 2. The van der Waals surface area contributed by atoms with Crippen molar-refractivity contribution in [3.05, 3.63) is 66.2 Å². The number of fused-ring (bicyclic) bond motifs is 1. The number of rotatable bonds is 19. The highest BCUT2D eigenvalue weighted by molar-refractivity contribution is 6.78. The van der Waals surface area contributed by atoms with Crippen molar-refractivity contribution in [3.63, 3.8) is 0 Å². The highest BCUT2D eigenvalue weighted by Crippen LogP contribution is 2.61. The van der Waals surface area contributed by atoms with Gasteiger partial charge in [-0.25, -0.2) is 0 Å². The van der Waals surface area contributed by atoms with Crippen LogP contribution in [0.2, 0.25) is 49.9 Å². The van der Waals surface area contributed by atoms with Gasteiger partial charge in [-0.3, -0.25) is 0 Å². The molecule has 0 bridgehead atoms. The van der Waals surface area contributed by atoms with Gasteiger partial charge < -0.3 is 27.9 Å². The van der Waals surface area contributed by atoms with Gasteiger partial charge in [0, 0.05) is 11.1 Å². The Hall–Kier alpha value is -2.41. The Morgan fingerprint density at radius 3 is 1.27 bits per heavy atom. The minimum Gasteiger partial charge on any atom is -0.507 e. The van der Waals surface area contributed by atoms with Gasteiger partial charge in [0.05, 0.1) is 19.3 Å². The molecule has 3 aromatic carbocycles. The van der Waals surface area contributed by atoms with Gasteiger partial charge in [-0.15, -0.1) is 0 Å². The molecule has 0 fully saturated rings. The highest BCUT2D eigenvalue weighted by atomic mass is 28.4. The maximum atomic E-state index is 13.3. The van der Waals surface area contributed by atoms with Crippen molar-refractivity contribution in [2.24, 2.45) is 0 Å². The molecule has 1 aliphatic heterocycles. The number of aromatic hydroxyl groups is 1. The van der Waals surface area contributed by atoms with E-state index in [1.807, 2.05) is 36.4 Å². The summed E-state index contributed by atoms with van der Waals surface area (Å²) in [6.45, 7) is 42.4. The van der Waals surface area contributed by atoms with Gasteiger partial charge in [-0.2, -0.15) is 0 Å². The Morgan fingerprint density at radius 1 is 0.525 bits per heavy atom. The molecule has 0 radical (unpaired) electrons. The van der Waals surface area contributed by atoms with E-state index in [1.165, 1.54) is 0 Å². The molecule has 1 aliphatic rings. The summed E-state index contributed by atoms with van der Waals surface area (Å²) in [4.78, 5) is 0. The molecular weight excluding hydrogens is 781 g/mol. The minimum atomic E-state index is -2.65. The number of hydrogen-bond acceptors (Lipinski definition) is 6. The number of benzene rings is 3. The van der Waals surface area contributed by atoms with E-state index in [2.05, 4.69) is 149 Å². The van der Waals surface area contributed by atoms with Crippen LogP contribution in [0.15, 0.2) is 60.7 Å².